The van der Waals surface area contributed by atoms with Crippen molar-refractivity contribution in [3.05, 3.63) is 0 Å². The van der Waals surface area contributed by atoms with Gasteiger partial charge >= 0.3 is 5.97 Å². The molecule has 0 bridgehead atoms. The molecule has 7 heteroatoms. The number of nitrogens with two attached hydrogens (primary N) is 1. The van der Waals surface area contributed by atoms with Gasteiger partial charge < -0.3 is 10.8 Å². The molecule has 6 nitrogen and oxygen atoms in total. The van der Waals surface area contributed by atoms with Crippen LogP contribution < -0.4 is 5.73 Å². The van der Waals surface area contributed by atoms with Crippen molar-refractivity contribution < 1.29 is 22.9 Å². The van der Waals surface area contributed by atoms with Gasteiger partial charge in [0.05, 0.1) is 0 Å². The first kappa shape index (κ1) is 8.34. The Morgan fingerprint density at radius 2 is 1.89 bits per heavy atom. The maximum Gasteiger partial charge on any atom is 0.338 e. The minimum atomic E-state index is -4.62. The number of aliphatic carboxylic acids is 1. The van der Waals surface area contributed by atoms with Crippen molar-refractivity contribution in [2.75, 3.05) is 0 Å². The number of hydrogen-bond acceptors (Lipinski definition) is 4. The quantitative estimate of drug-likeness (QED) is 0.407. The molecule has 0 saturated heterocycles. The molecule has 0 aromatic rings. The third-order valence-corrected chi connectivity index (χ3v) is 1.41. The average molecular weight is 155 g/mol. The van der Waals surface area contributed by atoms with Crippen molar-refractivity contribution >= 4 is 16.1 Å². The summed E-state index contributed by atoms with van der Waals surface area (Å²) in [6, 6.07) is 0. The van der Waals surface area contributed by atoms with E-state index < -0.39 is 21.5 Å². The number of carboxylic acids is 1. The van der Waals surface area contributed by atoms with E-state index in [-0.39, 0.29) is 0 Å². The Morgan fingerprint density at radius 1 is 1.56 bits per heavy atom. The summed E-state index contributed by atoms with van der Waals surface area (Å²) in [6.07, 6.45) is 0. The van der Waals surface area contributed by atoms with Crippen LogP contribution >= 0.6 is 0 Å². The molecule has 54 valence electrons. The normalized spacial score (nSPS) is 14.9. The molecule has 0 aromatic heterocycles. The Bertz CT molecular complexity index is 205. The van der Waals surface area contributed by atoms with Crippen LogP contribution in [0, 0.1) is 0 Å². The highest BCUT2D eigenvalue weighted by molar-refractivity contribution is 7.87. The number of rotatable bonds is 2. The van der Waals surface area contributed by atoms with Crippen LogP contribution in [0.25, 0.3) is 0 Å². The molecule has 0 aliphatic rings. The lowest BCUT2D eigenvalue weighted by molar-refractivity contribution is -0.136. The van der Waals surface area contributed by atoms with E-state index in [9.17, 15) is 13.2 Å². The standard InChI is InChI=1S/C2H5NO5S/c3-1(2(4)5)9(6,7)8/h1H,3H2,(H,4,5)(H,6,7,8). The highest BCUT2D eigenvalue weighted by atomic mass is 32.2. The summed E-state index contributed by atoms with van der Waals surface area (Å²) in [7, 11) is -4.62. The zero-order valence-electron chi connectivity index (χ0n) is 4.18. The fourth-order valence-electron chi connectivity index (χ4n) is 0.127. The van der Waals surface area contributed by atoms with Crippen LogP contribution in [0.5, 0.6) is 0 Å². The van der Waals surface area contributed by atoms with E-state index in [1.165, 1.54) is 0 Å². The van der Waals surface area contributed by atoms with Crippen LogP contribution in [0.4, 0.5) is 0 Å². The molecule has 0 aromatic carbocycles. The van der Waals surface area contributed by atoms with Crippen LogP contribution in [-0.2, 0) is 14.9 Å². The molecule has 0 rings (SSSR count). The molecule has 1 atom stereocenters. The fraction of sp³-hybridized carbons (Fsp3) is 0.500. The van der Waals surface area contributed by atoms with Gasteiger partial charge in [-0.2, -0.15) is 8.42 Å². The van der Waals surface area contributed by atoms with Gasteiger partial charge in [0.15, 0.2) is 0 Å². The zero-order valence-corrected chi connectivity index (χ0v) is 5.00. The molecule has 0 heterocycles. The summed E-state index contributed by atoms with van der Waals surface area (Å²) < 4.78 is 27.6. The Balaban J connectivity index is 4.43. The summed E-state index contributed by atoms with van der Waals surface area (Å²) in [5.74, 6) is -1.78. The molecular weight excluding hydrogens is 150 g/mol. The number of carbonyl (C=O) groups is 1. The van der Waals surface area contributed by atoms with Gasteiger partial charge in [-0.1, -0.05) is 0 Å². The predicted octanol–water partition coefficient (Wildman–Crippen LogP) is -1.76. The largest absolute Gasteiger partial charge is 0.479 e. The lowest BCUT2D eigenvalue weighted by Gasteiger charge is -1.98. The summed E-state index contributed by atoms with van der Waals surface area (Å²) in [5, 5.41) is 5.62. The topological polar surface area (TPSA) is 118 Å². The van der Waals surface area contributed by atoms with Crippen LogP contribution in [0.15, 0.2) is 0 Å². The Labute approximate surface area is 51.0 Å². The van der Waals surface area contributed by atoms with Crippen molar-refractivity contribution in [3.8, 4) is 0 Å². The molecule has 0 radical (unpaired) electrons. The van der Waals surface area contributed by atoms with Gasteiger partial charge in [0, 0.05) is 0 Å². The Morgan fingerprint density at radius 3 is 1.89 bits per heavy atom. The van der Waals surface area contributed by atoms with Crippen LogP contribution in [0.1, 0.15) is 0 Å². The van der Waals surface area contributed by atoms with Crippen molar-refractivity contribution in [1.82, 2.24) is 0 Å². The Kier molecular flexibility index (Phi) is 2.13. The molecule has 0 aliphatic carbocycles. The van der Waals surface area contributed by atoms with E-state index >= 15 is 0 Å². The summed E-state index contributed by atoms with van der Waals surface area (Å²) in [6.45, 7) is 0. The first-order chi connectivity index (χ1) is 3.85. The number of hydrogen-bond donors (Lipinski definition) is 3. The van der Waals surface area contributed by atoms with Crippen molar-refractivity contribution in [1.29, 1.82) is 0 Å². The van der Waals surface area contributed by atoms with Crippen molar-refractivity contribution in [3.63, 3.8) is 0 Å². The second-order valence-corrected chi connectivity index (χ2v) is 2.81. The maximum absolute atomic E-state index is 9.82. The highest BCUT2D eigenvalue weighted by Crippen LogP contribution is 1.88. The van der Waals surface area contributed by atoms with Gasteiger partial charge in [-0.25, -0.2) is 4.79 Å². The lowest BCUT2D eigenvalue weighted by Crippen LogP contribution is -2.37. The van der Waals surface area contributed by atoms with Crippen molar-refractivity contribution in [2.45, 2.75) is 5.37 Å². The minimum Gasteiger partial charge on any atom is -0.479 e. The van der Waals surface area contributed by atoms with Crippen LogP contribution in [0.3, 0.4) is 0 Å². The molecule has 1 unspecified atom stereocenters. The highest BCUT2D eigenvalue weighted by Gasteiger charge is 2.25. The van der Waals surface area contributed by atoms with Gasteiger partial charge in [0.1, 0.15) is 0 Å². The smallest absolute Gasteiger partial charge is 0.338 e. The van der Waals surface area contributed by atoms with E-state index in [0.29, 0.717) is 0 Å². The van der Waals surface area contributed by atoms with Gasteiger partial charge in [-0.05, 0) is 0 Å². The average Bonchev–Trinajstić information content (AvgIpc) is 1.62. The predicted molar refractivity (Wildman–Crippen MR) is 27.2 cm³/mol. The van der Waals surface area contributed by atoms with E-state index in [1.807, 2.05) is 0 Å². The zero-order chi connectivity index (χ0) is 7.65. The van der Waals surface area contributed by atoms with E-state index in [0.717, 1.165) is 0 Å². The molecule has 0 fully saturated rings. The minimum absolute atomic E-state index is 1.78. The molecule has 4 N–H and O–H groups in total. The monoisotopic (exact) mass is 155 g/mol. The summed E-state index contributed by atoms with van der Waals surface area (Å²) in [5.41, 5.74) is 4.46. The van der Waals surface area contributed by atoms with E-state index in [1.54, 1.807) is 0 Å². The first-order valence-electron chi connectivity index (χ1n) is 1.80. The van der Waals surface area contributed by atoms with Gasteiger partial charge in [0.25, 0.3) is 10.1 Å². The van der Waals surface area contributed by atoms with Gasteiger partial charge in [-0.15, -0.1) is 0 Å². The number of carboxylic acid groups (broad SMARTS) is 1. The Hall–Kier alpha value is -0.660. The summed E-state index contributed by atoms with van der Waals surface area (Å²) in [4.78, 5) is 9.68. The maximum atomic E-state index is 9.82. The lowest BCUT2D eigenvalue weighted by atomic mass is 10.7. The fourth-order valence-corrected chi connectivity index (χ4v) is 0.382. The van der Waals surface area contributed by atoms with E-state index in [2.05, 4.69) is 5.73 Å². The van der Waals surface area contributed by atoms with Crippen LogP contribution in [0.2, 0.25) is 0 Å². The van der Waals surface area contributed by atoms with Crippen LogP contribution in [-0.4, -0.2) is 29.4 Å². The SMILES string of the molecule is NC(C(=O)O)S(=O)(=O)O. The summed E-state index contributed by atoms with van der Waals surface area (Å²) >= 11 is 0. The third kappa shape index (κ3) is 2.40. The second-order valence-electron chi connectivity index (χ2n) is 1.27. The van der Waals surface area contributed by atoms with Gasteiger partial charge in [-0.3, -0.25) is 4.55 Å². The molecule has 9 heavy (non-hydrogen) atoms. The molecule has 0 spiro atoms. The molecule has 0 saturated carbocycles. The molecule has 0 aliphatic heterocycles. The van der Waals surface area contributed by atoms with Gasteiger partial charge in [0.2, 0.25) is 5.37 Å². The molecular formula is C2H5NO5S. The molecule has 0 amide bonds. The third-order valence-electron chi connectivity index (χ3n) is 0.564. The first-order valence-corrected chi connectivity index (χ1v) is 3.30. The van der Waals surface area contributed by atoms with Crippen molar-refractivity contribution in [2.24, 2.45) is 5.73 Å². The second kappa shape index (κ2) is 2.29. The van der Waals surface area contributed by atoms with E-state index in [4.69, 9.17) is 9.66 Å².